The summed E-state index contributed by atoms with van der Waals surface area (Å²) < 4.78 is 0. The van der Waals surface area contributed by atoms with E-state index >= 15 is 0 Å². The van der Waals surface area contributed by atoms with Crippen LogP contribution in [0.3, 0.4) is 0 Å². The van der Waals surface area contributed by atoms with E-state index in [0.29, 0.717) is 12.6 Å². The molecular formula is C16H22N5. The van der Waals surface area contributed by atoms with Crippen LogP contribution in [0.25, 0.3) is 0 Å². The van der Waals surface area contributed by atoms with Crippen molar-refractivity contribution in [1.29, 1.82) is 0 Å². The van der Waals surface area contributed by atoms with Crippen molar-refractivity contribution in [2.24, 2.45) is 0 Å². The lowest BCUT2D eigenvalue weighted by molar-refractivity contribution is 0.418. The minimum absolute atomic E-state index is 0.369. The number of pyridine rings is 1. The Balaban J connectivity index is 1.87. The fraction of sp³-hybridized carbons (Fsp3) is 0.438. The molecule has 111 valence electrons. The first-order chi connectivity index (χ1) is 10.4. The smallest absolute Gasteiger partial charge is 0.0497 e. The predicted octanol–water partition coefficient (Wildman–Crippen LogP) is 1.29. The van der Waals surface area contributed by atoms with Crippen molar-refractivity contribution in [3.05, 3.63) is 47.9 Å². The van der Waals surface area contributed by atoms with E-state index in [-0.39, 0.29) is 0 Å². The van der Waals surface area contributed by atoms with Gasteiger partial charge in [-0.1, -0.05) is 6.08 Å². The molecule has 1 unspecified atom stereocenters. The zero-order chi connectivity index (χ0) is 14.5. The fourth-order valence-corrected chi connectivity index (χ4v) is 2.91. The molecule has 3 rings (SSSR count). The zero-order valence-electron chi connectivity index (χ0n) is 12.2. The maximum Gasteiger partial charge on any atom is 0.0497 e. The van der Waals surface area contributed by atoms with E-state index in [1.807, 2.05) is 12.4 Å². The van der Waals surface area contributed by atoms with Crippen molar-refractivity contribution in [3.8, 4) is 0 Å². The number of nitrogens with zero attached hydrogens (tertiary/aromatic N) is 2. The normalized spacial score (nSPS) is 22.7. The zero-order valence-corrected chi connectivity index (χ0v) is 12.2. The molecular weight excluding hydrogens is 262 g/mol. The fourth-order valence-electron chi connectivity index (χ4n) is 2.91. The van der Waals surface area contributed by atoms with Gasteiger partial charge in [-0.3, -0.25) is 16.0 Å². The van der Waals surface area contributed by atoms with Crippen molar-refractivity contribution < 1.29 is 0 Å². The third-order valence-electron chi connectivity index (χ3n) is 4.01. The Morgan fingerprint density at radius 2 is 2.19 bits per heavy atom. The Labute approximate surface area is 125 Å². The maximum absolute atomic E-state index is 7.45. The number of nitrogens with one attached hydrogen (secondary N) is 3. The molecule has 1 atom stereocenters. The number of hydrogen-bond donors (Lipinski definition) is 2. The van der Waals surface area contributed by atoms with Gasteiger partial charge in [-0.15, -0.1) is 0 Å². The molecule has 0 aromatic carbocycles. The molecule has 0 amide bonds. The lowest BCUT2D eigenvalue weighted by Crippen LogP contribution is -2.49. The van der Waals surface area contributed by atoms with Gasteiger partial charge in [-0.25, -0.2) is 0 Å². The molecule has 1 fully saturated rings. The van der Waals surface area contributed by atoms with Crippen molar-refractivity contribution >= 4 is 5.69 Å². The summed E-state index contributed by atoms with van der Waals surface area (Å²) in [6, 6.07) is 4.48. The van der Waals surface area contributed by atoms with Crippen LogP contribution in [0, 0.1) is 0 Å². The van der Waals surface area contributed by atoms with Crippen LogP contribution in [-0.2, 0) is 0 Å². The molecule has 2 aliphatic heterocycles. The van der Waals surface area contributed by atoms with Crippen LogP contribution in [0.1, 0.15) is 12.8 Å². The van der Waals surface area contributed by atoms with Gasteiger partial charge in [0.1, 0.15) is 0 Å². The molecule has 0 saturated carbocycles. The van der Waals surface area contributed by atoms with E-state index in [2.05, 4.69) is 44.8 Å². The Hall–Kier alpha value is -1.69. The molecule has 1 saturated heterocycles. The van der Waals surface area contributed by atoms with Crippen molar-refractivity contribution in [1.82, 2.24) is 21.4 Å². The number of rotatable bonds is 4. The minimum Gasteiger partial charge on any atom is -0.340 e. The molecule has 3 heterocycles. The summed E-state index contributed by atoms with van der Waals surface area (Å²) >= 11 is 0. The number of anilines is 1. The summed E-state index contributed by atoms with van der Waals surface area (Å²) in [6.07, 6.45) is 10.1. The lowest BCUT2D eigenvalue weighted by atomic mass is 9.99. The average molecular weight is 284 g/mol. The minimum atomic E-state index is 0.369. The van der Waals surface area contributed by atoms with Gasteiger partial charge in [0.25, 0.3) is 0 Å². The topological polar surface area (TPSA) is 64.0 Å². The first kappa shape index (κ1) is 14.3. The Morgan fingerprint density at radius 1 is 1.33 bits per heavy atom. The van der Waals surface area contributed by atoms with E-state index in [1.54, 1.807) is 0 Å². The summed E-state index contributed by atoms with van der Waals surface area (Å²) in [7, 11) is 0. The summed E-state index contributed by atoms with van der Waals surface area (Å²) in [4.78, 5) is 6.46. The summed E-state index contributed by atoms with van der Waals surface area (Å²) in [5.74, 6) is 0. The van der Waals surface area contributed by atoms with E-state index in [4.69, 9.17) is 5.73 Å². The molecule has 0 spiro atoms. The highest BCUT2D eigenvalue weighted by molar-refractivity contribution is 5.56. The van der Waals surface area contributed by atoms with Crippen LogP contribution in [0.2, 0.25) is 0 Å². The van der Waals surface area contributed by atoms with E-state index in [9.17, 15) is 0 Å². The number of allylic oxidation sites excluding steroid dienone is 1. The molecule has 3 N–H and O–H groups in total. The van der Waals surface area contributed by atoms with Gasteiger partial charge in [0.15, 0.2) is 0 Å². The van der Waals surface area contributed by atoms with Gasteiger partial charge < -0.3 is 10.2 Å². The van der Waals surface area contributed by atoms with Gasteiger partial charge in [-0.2, -0.15) is 0 Å². The third kappa shape index (κ3) is 3.32. The molecule has 1 aromatic rings. The van der Waals surface area contributed by atoms with Gasteiger partial charge >= 0.3 is 0 Å². The second-order valence-electron chi connectivity index (χ2n) is 5.39. The second kappa shape index (κ2) is 6.85. The molecule has 5 nitrogen and oxygen atoms in total. The quantitative estimate of drug-likeness (QED) is 0.874. The molecule has 1 aromatic heterocycles. The van der Waals surface area contributed by atoms with Gasteiger partial charge in [0.2, 0.25) is 0 Å². The van der Waals surface area contributed by atoms with Crippen LogP contribution in [-0.4, -0.2) is 37.3 Å². The van der Waals surface area contributed by atoms with Gasteiger partial charge in [-0.05, 0) is 43.2 Å². The van der Waals surface area contributed by atoms with Crippen LogP contribution in [0.5, 0.6) is 0 Å². The SMILES string of the molecule is [NH]CCC1=CCN(c2ccncc2)C(C2CCNCN2)=C1. The van der Waals surface area contributed by atoms with Crippen LogP contribution in [0.15, 0.2) is 47.9 Å². The van der Waals surface area contributed by atoms with E-state index in [0.717, 1.165) is 32.6 Å². The van der Waals surface area contributed by atoms with Gasteiger partial charge in [0, 0.05) is 49.6 Å². The molecule has 21 heavy (non-hydrogen) atoms. The van der Waals surface area contributed by atoms with Crippen molar-refractivity contribution in [3.63, 3.8) is 0 Å². The number of aromatic nitrogens is 1. The lowest BCUT2D eigenvalue weighted by Gasteiger charge is -2.37. The maximum atomic E-state index is 7.45. The first-order valence-corrected chi connectivity index (χ1v) is 7.55. The summed E-state index contributed by atoms with van der Waals surface area (Å²) in [5, 5.41) is 6.87. The molecule has 1 radical (unpaired) electrons. The summed E-state index contributed by atoms with van der Waals surface area (Å²) in [5.41, 5.74) is 11.2. The number of hydrogen-bond acceptors (Lipinski definition) is 4. The average Bonchev–Trinajstić information content (AvgIpc) is 2.57. The monoisotopic (exact) mass is 284 g/mol. The van der Waals surface area contributed by atoms with Crippen molar-refractivity contribution in [2.75, 3.05) is 31.2 Å². The molecule has 5 heteroatoms. The largest absolute Gasteiger partial charge is 0.340 e. The third-order valence-corrected chi connectivity index (χ3v) is 4.01. The molecule has 2 aliphatic rings. The van der Waals surface area contributed by atoms with E-state index in [1.165, 1.54) is 17.0 Å². The molecule has 0 bridgehead atoms. The van der Waals surface area contributed by atoms with Crippen molar-refractivity contribution in [2.45, 2.75) is 18.9 Å². The van der Waals surface area contributed by atoms with Crippen LogP contribution >= 0.6 is 0 Å². The first-order valence-electron chi connectivity index (χ1n) is 7.55. The Morgan fingerprint density at radius 3 is 2.90 bits per heavy atom. The predicted molar refractivity (Wildman–Crippen MR) is 84.7 cm³/mol. The Bertz CT molecular complexity index is 517. The Kier molecular flexibility index (Phi) is 4.65. The van der Waals surface area contributed by atoms with Crippen LogP contribution in [0.4, 0.5) is 5.69 Å². The highest BCUT2D eigenvalue weighted by Gasteiger charge is 2.24. The standard InChI is InChI=1S/C16H22N5/c17-6-1-13-5-10-21(14-2-7-18-8-3-14)16(11-13)15-4-9-19-12-20-15/h2-3,5,7-8,11,15,17,19-20H,1,4,6,9-10,12H2. The molecule has 0 aliphatic carbocycles. The summed E-state index contributed by atoms with van der Waals surface area (Å²) in [6.45, 7) is 3.21. The highest BCUT2D eigenvalue weighted by atomic mass is 15.2. The van der Waals surface area contributed by atoms with Crippen LogP contribution < -0.4 is 21.3 Å². The highest BCUT2D eigenvalue weighted by Crippen LogP contribution is 2.27. The second-order valence-corrected chi connectivity index (χ2v) is 5.39. The van der Waals surface area contributed by atoms with Gasteiger partial charge in [0.05, 0.1) is 0 Å². The van der Waals surface area contributed by atoms with E-state index < -0.39 is 0 Å².